The van der Waals surface area contributed by atoms with Crippen molar-refractivity contribution in [3.63, 3.8) is 0 Å². The molecule has 0 atom stereocenters. The van der Waals surface area contributed by atoms with Crippen molar-refractivity contribution in [1.82, 2.24) is 4.57 Å². The Morgan fingerprint density at radius 1 is 1.33 bits per heavy atom. The van der Waals surface area contributed by atoms with Gasteiger partial charge in [0.1, 0.15) is 0 Å². The topological polar surface area (TPSA) is 62.9 Å². The van der Waals surface area contributed by atoms with Crippen molar-refractivity contribution in [1.29, 1.82) is 5.26 Å². The van der Waals surface area contributed by atoms with E-state index in [2.05, 4.69) is 12.6 Å². The van der Waals surface area contributed by atoms with Crippen molar-refractivity contribution in [2.75, 3.05) is 0 Å². The van der Waals surface area contributed by atoms with Crippen LogP contribution in [0.3, 0.4) is 0 Å². The van der Waals surface area contributed by atoms with Gasteiger partial charge in [-0.05, 0) is 41.5 Å². The Bertz CT molecular complexity index is 973. The number of hydrogen-bond acceptors (Lipinski definition) is 3. The SMILES string of the molecule is C=Cc1cc(C(=O)Cc2cccc(C3CCCCC3)c2C#N)c(=O)n(C)c1. The summed E-state index contributed by atoms with van der Waals surface area (Å²) < 4.78 is 1.40. The summed E-state index contributed by atoms with van der Waals surface area (Å²) in [6, 6.07) is 9.65. The third-order valence-electron chi connectivity index (χ3n) is 5.43. The van der Waals surface area contributed by atoms with Crippen LogP contribution in [0.4, 0.5) is 0 Å². The molecule has 2 aromatic rings. The molecule has 1 fully saturated rings. The molecule has 27 heavy (non-hydrogen) atoms. The Balaban J connectivity index is 1.95. The average Bonchev–Trinajstić information content (AvgIpc) is 2.70. The van der Waals surface area contributed by atoms with E-state index < -0.39 is 0 Å². The van der Waals surface area contributed by atoms with Crippen molar-refractivity contribution in [2.24, 2.45) is 7.05 Å². The van der Waals surface area contributed by atoms with E-state index in [1.54, 1.807) is 25.4 Å². The summed E-state index contributed by atoms with van der Waals surface area (Å²) in [5.74, 6) is 0.122. The van der Waals surface area contributed by atoms with Crippen LogP contribution >= 0.6 is 0 Å². The minimum Gasteiger partial charge on any atom is -0.317 e. The molecule has 0 saturated heterocycles. The van der Waals surface area contributed by atoms with E-state index in [1.165, 1.54) is 23.8 Å². The van der Waals surface area contributed by atoms with Gasteiger partial charge < -0.3 is 4.57 Å². The number of carbonyl (C=O) groups excluding carboxylic acids is 1. The lowest BCUT2D eigenvalue weighted by Gasteiger charge is -2.23. The molecular formula is C23H24N2O2. The van der Waals surface area contributed by atoms with E-state index in [0.717, 1.165) is 24.0 Å². The molecule has 3 rings (SSSR count). The molecule has 0 bridgehead atoms. The predicted octanol–water partition coefficient (Wildman–Crippen LogP) is 4.37. The summed E-state index contributed by atoms with van der Waals surface area (Å²) in [6.07, 6.45) is 9.12. The van der Waals surface area contributed by atoms with Gasteiger partial charge in [0.25, 0.3) is 5.56 Å². The second-order valence-corrected chi connectivity index (χ2v) is 7.24. The van der Waals surface area contributed by atoms with E-state index in [0.29, 0.717) is 17.0 Å². The second-order valence-electron chi connectivity index (χ2n) is 7.24. The van der Waals surface area contributed by atoms with E-state index in [-0.39, 0.29) is 23.3 Å². The van der Waals surface area contributed by atoms with Gasteiger partial charge in [0, 0.05) is 19.7 Å². The fraction of sp³-hybridized carbons (Fsp3) is 0.348. The van der Waals surface area contributed by atoms with Gasteiger partial charge in [-0.15, -0.1) is 0 Å². The third-order valence-corrected chi connectivity index (χ3v) is 5.43. The number of nitrogens with zero attached hydrogens (tertiary/aromatic N) is 2. The number of carbonyl (C=O) groups is 1. The molecule has 0 spiro atoms. The summed E-state index contributed by atoms with van der Waals surface area (Å²) in [5.41, 5.74) is 2.90. The molecule has 1 saturated carbocycles. The summed E-state index contributed by atoms with van der Waals surface area (Å²) in [5, 5.41) is 9.75. The Morgan fingerprint density at radius 3 is 2.74 bits per heavy atom. The number of hydrogen-bond donors (Lipinski definition) is 0. The van der Waals surface area contributed by atoms with Crippen LogP contribution in [0.5, 0.6) is 0 Å². The lowest BCUT2D eigenvalue weighted by molar-refractivity contribution is 0.0991. The van der Waals surface area contributed by atoms with Gasteiger partial charge in [-0.3, -0.25) is 9.59 Å². The number of benzene rings is 1. The Kier molecular flexibility index (Phi) is 5.71. The first-order chi connectivity index (χ1) is 13.0. The minimum atomic E-state index is -0.326. The molecule has 1 aromatic heterocycles. The maximum atomic E-state index is 12.9. The first-order valence-electron chi connectivity index (χ1n) is 9.43. The molecular weight excluding hydrogens is 336 g/mol. The molecule has 0 unspecified atom stereocenters. The molecule has 138 valence electrons. The molecule has 1 aromatic carbocycles. The van der Waals surface area contributed by atoms with Gasteiger partial charge in [0.15, 0.2) is 5.78 Å². The highest BCUT2D eigenvalue weighted by atomic mass is 16.1. The van der Waals surface area contributed by atoms with Crippen molar-refractivity contribution in [3.05, 3.63) is 75.2 Å². The largest absolute Gasteiger partial charge is 0.317 e. The first-order valence-corrected chi connectivity index (χ1v) is 9.43. The minimum absolute atomic E-state index is 0.0549. The van der Waals surface area contributed by atoms with Crippen LogP contribution in [0.1, 0.15) is 70.6 Å². The van der Waals surface area contributed by atoms with Crippen LogP contribution in [0.2, 0.25) is 0 Å². The monoisotopic (exact) mass is 360 g/mol. The van der Waals surface area contributed by atoms with E-state index >= 15 is 0 Å². The number of ketones is 1. The standard InChI is InChI=1S/C23H24N2O2/c1-3-16-12-20(23(27)25(2)15-16)22(26)13-18-10-7-11-19(21(18)14-24)17-8-5-4-6-9-17/h3,7,10-12,15,17H,1,4-6,8-9,13H2,2H3. The summed E-state index contributed by atoms with van der Waals surface area (Å²) in [4.78, 5) is 25.2. The fourth-order valence-corrected chi connectivity index (χ4v) is 3.97. The third kappa shape index (κ3) is 3.93. The maximum Gasteiger partial charge on any atom is 0.261 e. The summed E-state index contributed by atoms with van der Waals surface area (Å²) >= 11 is 0. The number of nitriles is 1. The number of rotatable bonds is 5. The van der Waals surface area contributed by atoms with Crippen LogP contribution in [-0.4, -0.2) is 10.4 Å². The Labute approximate surface area is 159 Å². The summed E-state index contributed by atoms with van der Waals surface area (Å²) in [6.45, 7) is 3.71. The number of Topliss-reactive ketones (excluding diaryl/α,β-unsaturated/α-hetero) is 1. The lowest BCUT2D eigenvalue weighted by atomic mass is 9.80. The molecule has 0 amide bonds. The van der Waals surface area contributed by atoms with Gasteiger partial charge in [-0.1, -0.05) is 50.1 Å². The average molecular weight is 360 g/mol. The highest BCUT2D eigenvalue weighted by Gasteiger charge is 2.22. The van der Waals surface area contributed by atoms with Crippen molar-refractivity contribution < 1.29 is 4.79 Å². The first kappa shape index (κ1) is 18.8. The Morgan fingerprint density at radius 2 is 2.07 bits per heavy atom. The number of pyridine rings is 1. The zero-order valence-corrected chi connectivity index (χ0v) is 15.7. The van der Waals surface area contributed by atoms with Crippen molar-refractivity contribution in [3.8, 4) is 6.07 Å². The molecule has 0 aliphatic heterocycles. The van der Waals surface area contributed by atoms with E-state index in [4.69, 9.17) is 0 Å². The molecule has 4 nitrogen and oxygen atoms in total. The molecule has 1 heterocycles. The van der Waals surface area contributed by atoms with Crippen LogP contribution < -0.4 is 5.56 Å². The fourth-order valence-electron chi connectivity index (χ4n) is 3.97. The van der Waals surface area contributed by atoms with Gasteiger partial charge in [0.05, 0.1) is 17.2 Å². The van der Waals surface area contributed by atoms with Crippen LogP contribution in [0.25, 0.3) is 6.08 Å². The molecule has 1 aliphatic rings. The zero-order chi connectivity index (χ0) is 19.4. The molecule has 1 aliphatic carbocycles. The quantitative estimate of drug-likeness (QED) is 0.744. The van der Waals surface area contributed by atoms with Crippen LogP contribution in [-0.2, 0) is 13.5 Å². The van der Waals surface area contributed by atoms with E-state index in [1.807, 2.05) is 18.2 Å². The van der Waals surface area contributed by atoms with Crippen molar-refractivity contribution in [2.45, 2.75) is 44.4 Å². The highest BCUT2D eigenvalue weighted by molar-refractivity contribution is 5.98. The Hall–Kier alpha value is -2.93. The van der Waals surface area contributed by atoms with Crippen molar-refractivity contribution >= 4 is 11.9 Å². The maximum absolute atomic E-state index is 12.9. The van der Waals surface area contributed by atoms with Gasteiger partial charge >= 0.3 is 0 Å². The number of aromatic nitrogens is 1. The molecule has 0 radical (unpaired) electrons. The molecule has 0 N–H and O–H groups in total. The normalized spacial score (nSPS) is 14.5. The smallest absolute Gasteiger partial charge is 0.261 e. The highest BCUT2D eigenvalue weighted by Crippen LogP contribution is 2.35. The number of aryl methyl sites for hydroxylation is 1. The van der Waals surface area contributed by atoms with Gasteiger partial charge in [-0.2, -0.15) is 5.26 Å². The van der Waals surface area contributed by atoms with Gasteiger partial charge in [-0.25, -0.2) is 0 Å². The van der Waals surface area contributed by atoms with E-state index in [9.17, 15) is 14.9 Å². The second kappa shape index (κ2) is 8.18. The zero-order valence-electron chi connectivity index (χ0n) is 15.7. The van der Waals surface area contributed by atoms with Crippen LogP contribution in [0, 0.1) is 11.3 Å². The molecule has 4 heteroatoms. The lowest BCUT2D eigenvalue weighted by Crippen LogP contribution is -2.25. The predicted molar refractivity (Wildman–Crippen MR) is 107 cm³/mol. The van der Waals surface area contributed by atoms with Gasteiger partial charge in [0.2, 0.25) is 0 Å². The summed E-state index contributed by atoms with van der Waals surface area (Å²) in [7, 11) is 1.62. The van der Waals surface area contributed by atoms with Crippen LogP contribution in [0.15, 0.2) is 41.8 Å².